The zero-order chi connectivity index (χ0) is 17.6. The molecule has 0 aliphatic carbocycles. The molecule has 0 aliphatic heterocycles. The van der Waals surface area contributed by atoms with Crippen LogP contribution in [0, 0.1) is 10.1 Å². The Morgan fingerprint density at radius 3 is 2.88 bits per heavy atom. The van der Waals surface area contributed by atoms with Crippen LogP contribution in [-0.2, 0) is 0 Å². The third-order valence-corrected chi connectivity index (χ3v) is 4.18. The average molecular weight is 359 g/mol. The van der Waals surface area contributed by atoms with Crippen molar-refractivity contribution in [2.24, 2.45) is 0 Å². The average Bonchev–Trinajstić information content (AvgIpc) is 3.29. The predicted octanol–water partition coefficient (Wildman–Crippen LogP) is 1.47. The predicted molar refractivity (Wildman–Crippen MR) is 91.0 cm³/mol. The van der Waals surface area contributed by atoms with Crippen LogP contribution in [0.5, 0.6) is 0 Å². The number of benzene rings is 1. The summed E-state index contributed by atoms with van der Waals surface area (Å²) < 4.78 is 1.41. The van der Waals surface area contributed by atoms with Crippen LogP contribution in [0.4, 0.5) is 11.4 Å². The van der Waals surface area contributed by atoms with Gasteiger partial charge >= 0.3 is 0 Å². The van der Waals surface area contributed by atoms with E-state index in [4.69, 9.17) is 0 Å². The van der Waals surface area contributed by atoms with Crippen LogP contribution in [0.15, 0.2) is 42.0 Å². The van der Waals surface area contributed by atoms with E-state index in [-0.39, 0.29) is 11.6 Å². The number of nitro benzene ring substituents is 1. The van der Waals surface area contributed by atoms with E-state index in [2.05, 4.69) is 26.2 Å². The lowest BCUT2D eigenvalue weighted by molar-refractivity contribution is -0.384. The van der Waals surface area contributed by atoms with Gasteiger partial charge < -0.3 is 10.6 Å². The van der Waals surface area contributed by atoms with Gasteiger partial charge in [0.05, 0.1) is 10.6 Å². The van der Waals surface area contributed by atoms with Crippen molar-refractivity contribution in [3.8, 4) is 5.69 Å². The van der Waals surface area contributed by atoms with Crippen LogP contribution in [-0.4, -0.2) is 44.1 Å². The smallest absolute Gasteiger partial charge is 0.292 e. The molecule has 0 spiro atoms. The zero-order valence-corrected chi connectivity index (χ0v) is 13.6. The minimum Gasteiger partial charge on any atom is -0.378 e. The van der Waals surface area contributed by atoms with Crippen molar-refractivity contribution in [3.63, 3.8) is 0 Å². The Morgan fingerprint density at radius 2 is 2.12 bits per heavy atom. The van der Waals surface area contributed by atoms with Crippen molar-refractivity contribution in [2.45, 2.75) is 0 Å². The Kier molecular flexibility index (Phi) is 4.95. The monoisotopic (exact) mass is 359 g/mol. The number of carbonyl (C=O) groups is 1. The molecule has 0 radical (unpaired) electrons. The fourth-order valence-electron chi connectivity index (χ4n) is 2.16. The molecule has 128 valence electrons. The molecule has 11 heteroatoms. The highest BCUT2D eigenvalue weighted by atomic mass is 32.1. The van der Waals surface area contributed by atoms with Crippen LogP contribution < -0.4 is 10.6 Å². The molecule has 0 aliphatic rings. The van der Waals surface area contributed by atoms with Crippen molar-refractivity contribution in [1.82, 2.24) is 25.5 Å². The van der Waals surface area contributed by atoms with E-state index in [0.29, 0.717) is 29.3 Å². The molecule has 2 heterocycles. The topological polar surface area (TPSA) is 128 Å². The molecule has 1 aromatic carbocycles. The number of anilines is 1. The number of nitro groups is 1. The van der Waals surface area contributed by atoms with E-state index < -0.39 is 4.92 Å². The number of nitrogens with zero attached hydrogens (tertiary/aromatic N) is 5. The minimum absolute atomic E-state index is 0.00643. The fraction of sp³-hybridized carbons (Fsp3) is 0.143. The van der Waals surface area contributed by atoms with E-state index in [1.807, 2.05) is 0 Å². The number of para-hydroxylation sites is 2. The summed E-state index contributed by atoms with van der Waals surface area (Å²) in [5, 5.41) is 29.3. The first kappa shape index (κ1) is 16.5. The SMILES string of the molecule is O=C(NCCNc1ccccc1[N+](=O)[O-])c1sccc1-n1cnnn1. The van der Waals surface area contributed by atoms with Crippen LogP contribution in [0.3, 0.4) is 0 Å². The van der Waals surface area contributed by atoms with Crippen molar-refractivity contribution in [2.75, 3.05) is 18.4 Å². The number of amides is 1. The number of aromatic nitrogens is 4. The number of tetrazole rings is 1. The van der Waals surface area contributed by atoms with Gasteiger partial charge in [-0.25, -0.2) is 0 Å². The van der Waals surface area contributed by atoms with E-state index >= 15 is 0 Å². The van der Waals surface area contributed by atoms with Gasteiger partial charge in [0.25, 0.3) is 11.6 Å². The van der Waals surface area contributed by atoms with Gasteiger partial charge in [0.1, 0.15) is 16.9 Å². The van der Waals surface area contributed by atoms with Crippen LogP contribution >= 0.6 is 11.3 Å². The van der Waals surface area contributed by atoms with Gasteiger partial charge in [0.15, 0.2) is 0 Å². The molecular formula is C14H13N7O3S. The highest BCUT2D eigenvalue weighted by Crippen LogP contribution is 2.23. The normalized spacial score (nSPS) is 10.4. The fourth-order valence-corrected chi connectivity index (χ4v) is 2.95. The first-order chi connectivity index (χ1) is 12.2. The third kappa shape index (κ3) is 3.77. The first-order valence-electron chi connectivity index (χ1n) is 7.23. The Bertz CT molecular complexity index is 878. The number of hydrogen-bond donors (Lipinski definition) is 2. The second kappa shape index (κ2) is 7.49. The Hall–Kier alpha value is -3.34. The van der Waals surface area contributed by atoms with Crippen molar-refractivity contribution in [3.05, 3.63) is 57.0 Å². The lowest BCUT2D eigenvalue weighted by atomic mass is 10.2. The number of nitrogens with one attached hydrogen (secondary N) is 2. The van der Waals surface area contributed by atoms with E-state index in [1.165, 1.54) is 28.4 Å². The van der Waals surface area contributed by atoms with Crippen LogP contribution in [0.2, 0.25) is 0 Å². The second-order valence-electron chi connectivity index (χ2n) is 4.85. The van der Waals surface area contributed by atoms with Gasteiger partial charge in [0, 0.05) is 19.2 Å². The molecule has 0 saturated heterocycles. The summed E-state index contributed by atoms with van der Waals surface area (Å²) in [6.45, 7) is 0.653. The Balaban J connectivity index is 1.56. The third-order valence-electron chi connectivity index (χ3n) is 3.27. The van der Waals surface area contributed by atoms with Crippen LogP contribution in [0.1, 0.15) is 9.67 Å². The highest BCUT2D eigenvalue weighted by Gasteiger charge is 2.15. The molecule has 1 amide bonds. The van der Waals surface area contributed by atoms with Gasteiger partial charge in [-0.15, -0.1) is 16.4 Å². The van der Waals surface area contributed by atoms with Crippen LogP contribution in [0.25, 0.3) is 5.69 Å². The molecule has 0 bridgehead atoms. The summed E-state index contributed by atoms with van der Waals surface area (Å²) in [5.74, 6) is -0.259. The van der Waals surface area contributed by atoms with Gasteiger partial charge in [-0.05, 0) is 27.9 Å². The Morgan fingerprint density at radius 1 is 1.28 bits per heavy atom. The van der Waals surface area contributed by atoms with Crippen molar-refractivity contribution < 1.29 is 9.72 Å². The number of hydrogen-bond acceptors (Lipinski definition) is 8. The number of rotatable bonds is 7. The van der Waals surface area contributed by atoms with Crippen molar-refractivity contribution in [1.29, 1.82) is 0 Å². The van der Waals surface area contributed by atoms with Gasteiger partial charge in [-0.3, -0.25) is 14.9 Å². The molecule has 0 fully saturated rings. The summed E-state index contributed by atoms with van der Waals surface area (Å²) >= 11 is 1.28. The largest absolute Gasteiger partial charge is 0.378 e. The lowest BCUT2D eigenvalue weighted by Gasteiger charge is -2.08. The molecule has 2 aromatic heterocycles. The quantitative estimate of drug-likeness (QED) is 0.371. The lowest BCUT2D eigenvalue weighted by Crippen LogP contribution is -2.29. The van der Waals surface area contributed by atoms with E-state index in [1.54, 1.807) is 29.6 Å². The molecule has 0 atom stereocenters. The molecule has 3 rings (SSSR count). The summed E-state index contributed by atoms with van der Waals surface area (Å²) in [6, 6.07) is 8.10. The highest BCUT2D eigenvalue weighted by molar-refractivity contribution is 7.12. The molecule has 0 saturated carbocycles. The maximum atomic E-state index is 12.3. The standard InChI is InChI=1S/C14H13N7O3S/c22-14(13-12(5-8-25-13)20-9-17-18-19-20)16-7-6-15-10-3-1-2-4-11(10)21(23)24/h1-5,8-9,15H,6-7H2,(H,16,22). The van der Waals surface area contributed by atoms with E-state index in [0.717, 1.165) is 0 Å². The minimum atomic E-state index is -0.453. The second-order valence-corrected chi connectivity index (χ2v) is 5.76. The molecule has 25 heavy (non-hydrogen) atoms. The summed E-state index contributed by atoms with van der Waals surface area (Å²) in [6.07, 6.45) is 1.41. The number of thiophene rings is 1. The molecule has 2 N–H and O–H groups in total. The van der Waals surface area contributed by atoms with Gasteiger partial charge in [0.2, 0.25) is 0 Å². The maximum absolute atomic E-state index is 12.3. The van der Waals surface area contributed by atoms with Gasteiger partial charge in [-0.1, -0.05) is 12.1 Å². The summed E-state index contributed by atoms with van der Waals surface area (Å²) in [7, 11) is 0. The Labute approximate surface area is 145 Å². The molecule has 0 unspecified atom stereocenters. The molecular weight excluding hydrogens is 346 g/mol. The van der Waals surface area contributed by atoms with E-state index in [9.17, 15) is 14.9 Å². The zero-order valence-electron chi connectivity index (χ0n) is 12.8. The number of carbonyl (C=O) groups excluding carboxylic acids is 1. The van der Waals surface area contributed by atoms with Gasteiger partial charge in [-0.2, -0.15) is 4.68 Å². The maximum Gasteiger partial charge on any atom is 0.292 e. The molecule has 3 aromatic rings. The summed E-state index contributed by atoms with van der Waals surface area (Å²) in [4.78, 5) is 23.3. The summed E-state index contributed by atoms with van der Waals surface area (Å²) in [5.41, 5.74) is 0.999. The first-order valence-corrected chi connectivity index (χ1v) is 8.11. The van der Waals surface area contributed by atoms with Crippen molar-refractivity contribution >= 4 is 28.6 Å². The molecule has 10 nitrogen and oxygen atoms in total.